The van der Waals surface area contributed by atoms with E-state index in [0.717, 1.165) is 22.9 Å². The average Bonchev–Trinajstić information content (AvgIpc) is 3.17. The summed E-state index contributed by atoms with van der Waals surface area (Å²) in [5.41, 5.74) is 1.77. The van der Waals surface area contributed by atoms with Gasteiger partial charge in [0.1, 0.15) is 5.56 Å². The zero-order chi connectivity index (χ0) is 20.5. The molecule has 1 fully saturated rings. The van der Waals surface area contributed by atoms with Crippen molar-refractivity contribution in [3.8, 4) is 0 Å². The highest BCUT2D eigenvalue weighted by Crippen LogP contribution is 2.29. The second-order valence-electron chi connectivity index (χ2n) is 7.58. The molecule has 3 N–H and O–H groups in total. The molecular formula is C22H24N4O3. The number of H-pyrrole nitrogens is 1. The molecule has 3 aromatic rings. The zero-order valence-corrected chi connectivity index (χ0v) is 16.5. The number of hydrogen-bond acceptors (Lipinski definition) is 3. The van der Waals surface area contributed by atoms with Crippen LogP contribution in [0.5, 0.6) is 0 Å². The maximum absolute atomic E-state index is 13.0. The molecule has 0 radical (unpaired) electrons. The standard InChI is InChI=1S/C22H24N4O3/c1-3-23-21(28)17-10-15(20(27)25-19-9-13(19)2)12-26(22(17)29)11-14-5-4-6-18-16(14)7-8-24-18/h4-8,10,12-13,19,24H,3,9,11H2,1-2H3,(H,23,28)(H,25,27)/t13-,19-/m0/s1. The molecule has 0 bridgehead atoms. The number of fused-ring (bicyclic) bond motifs is 1. The lowest BCUT2D eigenvalue weighted by Gasteiger charge is -2.13. The Labute approximate surface area is 168 Å². The van der Waals surface area contributed by atoms with Crippen LogP contribution in [-0.2, 0) is 6.54 Å². The molecule has 1 saturated carbocycles. The second-order valence-corrected chi connectivity index (χ2v) is 7.58. The second kappa shape index (κ2) is 7.58. The highest BCUT2D eigenvalue weighted by Gasteiger charge is 2.34. The third-order valence-corrected chi connectivity index (χ3v) is 5.38. The number of benzene rings is 1. The minimum Gasteiger partial charge on any atom is -0.361 e. The summed E-state index contributed by atoms with van der Waals surface area (Å²) < 4.78 is 1.44. The smallest absolute Gasteiger partial charge is 0.263 e. The van der Waals surface area contributed by atoms with Gasteiger partial charge in [-0.2, -0.15) is 0 Å². The molecule has 0 spiro atoms. The first-order chi connectivity index (χ1) is 14.0. The Balaban J connectivity index is 1.74. The average molecular weight is 392 g/mol. The fourth-order valence-electron chi connectivity index (χ4n) is 3.54. The van der Waals surface area contributed by atoms with Gasteiger partial charge in [-0.25, -0.2) is 0 Å². The van der Waals surface area contributed by atoms with Crippen molar-refractivity contribution in [2.24, 2.45) is 5.92 Å². The molecule has 1 aliphatic carbocycles. The Morgan fingerprint density at radius 2 is 2.03 bits per heavy atom. The lowest BCUT2D eigenvalue weighted by atomic mass is 10.1. The molecule has 1 aliphatic rings. The lowest BCUT2D eigenvalue weighted by Crippen LogP contribution is -2.35. The quantitative estimate of drug-likeness (QED) is 0.600. The number of amides is 2. The number of nitrogens with one attached hydrogen (secondary N) is 3. The van der Waals surface area contributed by atoms with Gasteiger partial charge in [0.05, 0.1) is 12.1 Å². The van der Waals surface area contributed by atoms with E-state index in [9.17, 15) is 14.4 Å². The molecule has 7 nitrogen and oxygen atoms in total. The van der Waals surface area contributed by atoms with Gasteiger partial charge in [0.25, 0.3) is 17.4 Å². The molecule has 2 aromatic heterocycles. The number of carbonyl (C=O) groups is 2. The van der Waals surface area contributed by atoms with Crippen LogP contribution in [0.2, 0.25) is 0 Å². The third-order valence-electron chi connectivity index (χ3n) is 5.38. The fraction of sp³-hybridized carbons (Fsp3) is 0.318. The van der Waals surface area contributed by atoms with Crippen molar-refractivity contribution in [1.82, 2.24) is 20.2 Å². The number of aromatic nitrogens is 2. The first-order valence-electron chi connectivity index (χ1n) is 9.86. The molecule has 7 heteroatoms. The van der Waals surface area contributed by atoms with Crippen molar-refractivity contribution >= 4 is 22.7 Å². The predicted molar refractivity (Wildman–Crippen MR) is 111 cm³/mol. The van der Waals surface area contributed by atoms with Gasteiger partial charge >= 0.3 is 0 Å². The number of pyridine rings is 1. The topological polar surface area (TPSA) is 96.0 Å². The minimum atomic E-state index is -0.472. The fourth-order valence-corrected chi connectivity index (χ4v) is 3.54. The summed E-state index contributed by atoms with van der Waals surface area (Å²) in [6, 6.07) is 9.31. The Hall–Kier alpha value is -3.35. The summed E-state index contributed by atoms with van der Waals surface area (Å²) >= 11 is 0. The number of carbonyl (C=O) groups excluding carboxylic acids is 2. The van der Waals surface area contributed by atoms with Gasteiger partial charge in [-0.05, 0) is 43.0 Å². The summed E-state index contributed by atoms with van der Waals surface area (Å²) in [6.07, 6.45) is 4.33. The first kappa shape index (κ1) is 19.0. The molecule has 2 heterocycles. The maximum Gasteiger partial charge on any atom is 0.263 e. The Morgan fingerprint density at radius 1 is 1.24 bits per heavy atom. The summed E-state index contributed by atoms with van der Waals surface area (Å²) in [4.78, 5) is 41.3. The van der Waals surface area contributed by atoms with Gasteiger partial charge < -0.3 is 20.2 Å². The summed E-state index contributed by atoms with van der Waals surface area (Å²) in [7, 11) is 0. The molecule has 0 saturated heterocycles. The van der Waals surface area contributed by atoms with E-state index in [0.29, 0.717) is 18.0 Å². The van der Waals surface area contributed by atoms with E-state index in [1.165, 1.54) is 10.6 Å². The number of nitrogens with zero attached hydrogens (tertiary/aromatic N) is 1. The Morgan fingerprint density at radius 3 is 2.76 bits per heavy atom. The van der Waals surface area contributed by atoms with E-state index in [4.69, 9.17) is 0 Å². The molecule has 150 valence electrons. The van der Waals surface area contributed by atoms with Gasteiger partial charge in [0.15, 0.2) is 0 Å². The van der Waals surface area contributed by atoms with E-state index in [-0.39, 0.29) is 24.1 Å². The molecule has 29 heavy (non-hydrogen) atoms. The molecule has 2 atom stereocenters. The Bertz CT molecular complexity index is 1140. The van der Waals surface area contributed by atoms with Crippen molar-refractivity contribution in [3.05, 3.63) is 69.8 Å². The maximum atomic E-state index is 13.0. The van der Waals surface area contributed by atoms with Gasteiger partial charge in [-0.15, -0.1) is 0 Å². The van der Waals surface area contributed by atoms with Crippen LogP contribution in [0.4, 0.5) is 0 Å². The van der Waals surface area contributed by atoms with Crippen LogP contribution < -0.4 is 16.2 Å². The van der Waals surface area contributed by atoms with E-state index < -0.39 is 11.5 Å². The Kier molecular flexibility index (Phi) is 4.96. The van der Waals surface area contributed by atoms with E-state index in [2.05, 4.69) is 22.5 Å². The molecule has 2 amide bonds. The summed E-state index contributed by atoms with van der Waals surface area (Å²) in [5.74, 6) is -0.280. The number of hydrogen-bond donors (Lipinski definition) is 3. The van der Waals surface area contributed by atoms with Crippen LogP contribution in [0.15, 0.2) is 47.5 Å². The highest BCUT2D eigenvalue weighted by molar-refractivity contribution is 5.99. The minimum absolute atomic E-state index is 0.0235. The van der Waals surface area contributed by atoms with Crippen LogP contribution in [0.3, 0.4) is 0 Å². The van der Waals surface area contributed by atoms with Gasteiger partial charge in [-0.3, -0.25) is 14.4 Å². The van der Waals surface area contributed by atoms with E-state index in [1.54, 1.807) is 13.1 Å². The van der Waals surface area contributed by atoms with E-state index >= 15 is 0 Å². The van der Waals surface area contributed by atoms with E-state index in [1.807, 2.05) is 30.5 Å². The van der Waals surface area contributed by atoms with Crippen LogP contribution >= 0.6 is 0 Å². The monoisotopic (exact) mass is 392 g/mol. The largest absolute Gasteiger partial charge is 0.361 e. The molecule has 4 rings (SSSR count). The van der Waals surface area contributed by atoms with Crippen molar-refractivity contribution in [1.29, 1.82) is 0 Å². The molecule has 0 unspecified atom stereocenters. The zero-order valence-electron chi connectivity index (χ0n) is 16.5. The third kappa shape index (κ3) is 3.81. The summed E-state index contributed by atoms with van der Waals surface area (Å²) in [5, 5.41) is 6.62. The van der Waals surface area contributed by atoms with Crippen LogP contribution in [0.1, 0.15) is 46.5 Å². The highest BCUT2D eigenvalue weighted by atomic mass is 16.2. The molecule has 0 aliphatic heterocycles. The van der Waals surface area contributed by atoms with Crippen LogP contribution in [0.25, 0.3) is 10.9 Å². The number of aromatic amines is 1. The van der Waals surface area contributed by atoms with Crippen molar-refractivity contribution < 1.29 is 9.59 Å². The first-order valence-corrected chi connectivity index (χ1v) is 9.86. The van der Waals surface area contributed by atoms with Gasteiger partial charge in [0, 0.05) is 35.9 Å². The van der Waals surface area contributed by atoms with Gasteiger partial charge in [-0.1, -0.05) is 19.1 Å². The molecular weight excluding hydrogens is 368 g/mol. The predicted octanol–water partition coefficient (Wildman–Crippen LogP) is 2.27. The van der Waals surface area contributed by atoms with Crippen LogP contribution in [-0.4, -0.2) is 34.0 Å². The number of rotatable bonds is 6. The lowest BCUT2D eigenvalue weighted by molar-refractivity contribution is 0.0948. The van der Waals surface area contributed by atoms with Crippen LogP contribution in [0, 0.1) is 5.92 Å². The van der Waals surface area contributed by atoms with Gasteiger partial charge in [0.2, 0.25) is 0 Å². The van der Waals surface area contributed by atoms with Crippen molar-refractivity contribution in [2.45, 2.75) is 32.9 Å². The van der Waals surface area contributed by atoms with Crippen molar-refractivity contribution in [3.63, 3.8) is 0 Å². The summed E-state index contributed by atoms with van der Waals surface area (Å²) in [6.45, 7) is 4.52. The SMILES string of the molecule is CCNC(=O)c1cc(C(=O)N[C@H]2C[C@@H]2C)cn(Cc2cccc3[nH]ccc23)c1=O. The normalized spacial score (nSPS) is 17.9. The molecule has 1 aromatic carbocycles. The van der Waals surface area contributed by atoms with Crippen molar-refractivity contribution in [2.75, 3.05) is 6.54 Å².